The molecule has 1 fully saturated rings. The van der Waals surface area contributed by atoms with Crippen molar-refractivity contribution in [2.45, 2.75) is 31.8 Å². The Labute approximate surface area is 93.9 Å². The number of hydrogen-bond donors (Lipinski definition) is 1. The molecule has 0 aromatic heterocycles. The van der Waals surface area contributed by atoms with E-state index in [0.717, 1.165) is 18.4 Å². The van der Waals surface area contributed by atoms with Crippen molar-refractivity contribution < 1.29 is 9.50 Å². The smallest absolute Gasteiger partial charge is 0.142 e. The molecule has 0 radical (unpaired) electrons. The Morgan fingerprint density at radius 3 is 2.73 bits per heavy atom. The van der Waals surface area contributed by atoms with Crippen LogP contribution in [0, 0.1) is 11.7 Å². The normalized spacial score (nSPS) is 20.0. The zero-order chi connectivity index (χ0) is 11.1. The SMILES string of the molecule is CC(O)(Cc1ccc(Cl)c(F)c1)C1CC1. The van der Waals surface area contributed by atoms with Gasteiger partial charge in [0.2, 0.25) is 0 Å². The molecule has 0 heterocycles. The molecule has 1 aliphatic carbocycles. The minimum Gasteiger partial charge on any atom is -0.390 e. The molecule has 0 saturated heterocycles. The van der Waals surface area contributed by atoms with Crippen molar-refractivity contribution >= 4 is 11.6 Å². The van der Waals surface area contributed by atoms with Gasteiger partial charge in [-0.2, -0.15) is 0 Å². The van der Waals surface area contributed by atoms with E-state index in [4.69, 9.17) is 11.6 Å². The van der Waals surface area contributed by atoms with E-state index in [2.05, 4.69) is 0 Å². The summed E-state index contributed by atoms with van der Waals surface area (Å²) >= 11 is 5.59. The monoisotopic (exact) mass is 228 g/mol. The summed E-state index contributed by atoms with van der Waals surface area (Å²) in [6.07, 6.45) is 2.64. The van der Waals surface area contributed by atoms with Crippen LogP contribution in [0.1, 0.15) is 25.3 Å². The molecule has 0 amide bonds. The van der Waals surface area contributed by atoms with Gasteiger partial charge in [-0.1, -0.05) is 17.7 Å². The van der Waals surface area contributed by atoms with Gasteiger partial charge in [-0.3, -0.25) is 0 Å². The number of aliphatic hydroxyl groups is 1. The van der Waals surface area contributed by atoms with Gasteiger partial charge in [0.15, 0.2) is 0 Å². The standard InChI is InChI=1S/C12H14ClFO/c1-12(15,9-3-4-9)7-8-2-5-10(13)11(14)6-8/h2,5-6,9,15H,3-4,7H2,1H3. The zero-order valence-electron chi connectivity index (χ0n) is 8.63. The van der Waals surface area contributed by atoms with E-state index in [0.29, 0.717) is 12.3 Å². The van der Waals surface area contributed by atoms with Crippen LogP contribution in [0.5, 0.6) is 0 Å². The van der Waals surface area contributed by atoms with E-state index in [9.17, 15) is 9.50 Å². The van der Waals surface area contributed by atoms with Gasteiger partial charge in [0.05, 0.1) is 10.6 Å². The molecule has 1 unspecified atom stereocenters. The van der Waals surface area contributed by atoms with E-state index >= 15 is 0 Å². The lowest BCUT2D eigenvalue weighted by Crippen LogP contribution is -2.29. The molecule has 3 heteroatoms. The molecule has 0 bridgehead atoms. The van der Waals surface area contributed by atoms with Crippen molar-refractivity contribution in [3.8, 4) is 0 Å². The molecule has 1 atom stereocenters. The Bertz CT molecular complexity index is 372. The second-order valence-corrected chi connectivity index (χ2v) is 4.96. The van der Waals surface area contributed by atoms with E-state index in [1.807, 2.05) is 6.92 Å². The summed E-state index contributed by atoms with van der Waals surface area (Å²) in [7, 11) is 0. The third kappa shape index (κ3) is 2.50. The van der Waals surface area contributed by atoms with Crippen molar-refractivity contribution in [2.75, 3.05) is 0 Å². The molecule has 0 spiro atoms. The predicted octanol–water partition coefficient (Wildman–Crippen LogP) is 3.18. The van der Waals surface area contributed by atoms with Gasteiger partial charge in [-0.05, 0) is 43.4 Å². The number of halogens is 2. The molecule has 15 heavy (non-hydrogen) atoms. The summed E-state index contributed by atoms with van der Waals surface area (Å²) in [6.45, 7) is 1.82. The van der Waals surface area contributed by atoms with Crippen molar-refractivity contribution in [3.63, 3.8) is 0 Å². The fourth-order valence-corrected chi connectivity index (χ4v) is 2.03. The molecule has 1 aliphatic rings. The molecular weight excluding hydrogens is 215 g/mol. The molecule has 1 saturated carbocycles. The quantitative estimate of drug-likeness (QED) is 0.843. The fourth-order valence-electron chi connectivity index (χ4n) is 1.91. The van der Waals surface area contributed by atoms with Gasteiger partial charge in [0.1, 0.15) is 5.82 Å². The highest BCUT2D eigenvalue weighted by atomic mass is 35.5. The highest BCUT2D eigenvalue weighted by Gasteiger charge is 2.39. The van der Waals surface area contributed by atoms with Crippen LogP contribution >= 0.6 is 11.6 Å². The number of benzene rings is 1. The highest BCUT2D eigenvalue weighted by molar-refractivity contribution is 6.30. The van der Waals surface area contributed by atoms with Gasteiger partial charge in [-0.25, -0.2) is 4.39 Å². The Morgan fingerprint density at radius 1 is 1.53 bits per heavy atom. The first kappa shape index (κ1) is 10.9. The summed E-state index contributed by atoms with van der Waals surface area (Å²) in [5.41, 5.74) is 0.0917. The molecular formula is C12H14ClFO. The molecule has 1 aromatic rings. The lowest BCUT2D eigenvalue weighted by molar-refractivity contribution is 0.0371. The van der Waals surface area contributed by atoms with Gasteiger partial charge in [-0.15, -0.1) is 0 Å². The highest BCUT2D eigenvalue weighted by Crippen LogP contribution is 2.41. The summed E-state index contributed by atoms with van der Waals surface area (Å²) in [4.78, 5) is 0. The molecule has 0 aliphatic heterocycles. The Kier molecular flexibility index (Phi) is 2.73. The van der Waals surface area contributed by atoms with Gasteiger partial charge < -0.3 is 5.11 Å². The van der Waals surface area contributed by atoms with Crippen LogP contribution in [0.4, 0.5) is 4.39 Å². The maximum absolute atomic E-state index is 13.2. The van der Waals surface area contributed by atoms with Crippen LogP contribution in [0.2, 0.25) is 5.02 Å². The predicted molar refractivity (Wildman–Crippen MR) is 58.5 cm³/mol. The Hall–Kier alpha value is -0.600. The largest absolute Gasteiger partial charge is 0.390 e. The molecule has 1 aromatic carbocycles. The van der Waals surface area contributed by atoms with Crippen molar-refractivity contribution in [1.82, 2.24) is 0 Å². The zero-order valence-corrected chi connectivity index (χ0v) is 9.39. The Balaban J connectivity index is 2.13. The van der Waals surface area contributed by atoms with Crippen LogP contribution in [0.15, 0.2) is 18.2 Å². The van der Waals surface area contributed by atoms with Gasteiger partial charge in [0.25, 0.3) is 0 Å². The van der Waals surface area contributed by atoms with E-state index in [1.165, 1.54) is 12.1 Å². The van der Waals surface area contributed by atoms with Gasteiger partial charge >= 0.3 is 0 Å². The van der Waals surface area contributed by atoms with E-state index < -0.39 is 11.4 Å². The fraction of sp³-hybridized carbons (Fsp3) is 0.500. The average Bonchev–Trinajstić information content (AvgIpc) is 2.93. The van der Waals surface area contributed by atoms with Crippen LogP contribution in [0.25, 0.3) is 0 Å². The third-order valence-corrected chi connectivity index (χ3v) is 3.31. The second-order valence-electron chi connectivity index (χ2n) is 4.56. The molecule has 1 nitrogen and oxygen atoms in total. The summed E-state index contributed by atoms with van der Waals surface area (Å²) < 4.78 is 13.2. The van der Waals surface area contributed by atoms with Crippen molar-refractivity contribution in [1.29, 1.82) is 0 Å². The molecule has 1 N–H and O–H groups in total. The topological polar surface area (TPSA) is 20.2 Å². The maximum atomic E-state index is 13.2. The second kappa shape index (κ2) is 3.76. The number of rotatable bonds is 3. The third-order valence-electron chi connectivity index (χ3n) is 3.00. The minimum atomic E-state index is -0.708. The summed E-state index contributed by atoms with van der Waals surface area (Å²) in [6, 6.07) is 4.71. The van der Waals surface area contributed by atoms with E-state index in [1.54, 1.807) is 6.07 Å². The number of hydrogen-bond acceptors (Lipinski definition) is 1. The molecule has 2 rings (SSSR count). The lowest BCUT2D eigenvalue weighted by Gasteiger charge is -2.23. The van der Waals surface area contributed by atoms with Crippen molar-refractivity contribution in [3.05, 3.63) is 34.6 Å². The summed E-state index contributed by atoms with van der Waals surface area (Å²) in [5.74, 6) is -0.0444. The van der Waals surface area contributed by atoms with Crippen LogP contribution in [-0.4, -0.2) is 10.7 Å². The first-order valence-corrected chi connectivity index (χ1v) is 5.53. The molecule has 82 valence electrons. The van der Waals surface area contributed by atoms with Gasteiger partial charge in [0, 0.05) is 6.42 Å². The van der Waals surface area contributed by atoms with Crippen LogP contribution in [0.3, 0.4) is 0 Å². The first-order chi connectivity index (χ1) is 6.99. The summed E-state index contributed by atoms with van der Waals surface area (Å²) in [5, 5.41) is 10.2. The Morgan fingerprint density at radius 2 is 2.20 bits per heavy atom. The van der Waals surface area contributed by atoms with Crippen LogP contribution < -0.4 is 0 Å². The maximum Gasteiger partial charge on any atom is 0.142 e. The first-order valence-electron chi connectivity index (χ1n) is 5.15. The lowest BCUT2D eigenvalue weighted by atomic mass is 9.92. The average molecular weight is 229 g/mol. The van der Waals surface area contributed by atoms with E-state index in [-0.39, 0.29) is 5.02 Å². The minimum absolute atomic E-state index is 0.129. The van der Waals surface area contributed by atoms with Crippen molar-refractivity contribution in [2.24, 2.45) is 5.92 Å². The van der Waals surface area contributed by atoms with Crippen LogP contribution in [-0.2, 0) is 6.42 Å².